The number of fused-ring (bicyclic) bond motifs is 1. The van der Waals surface area contributed by atoms with E-state index in [4.69, 9.17) is 9.88 Å². The zero-order valence-electron chi connectivity index (χ0n) is 12.3. The SMILES string of the molecule is CC(C)C(C)NC(=O)C1Cc2cc(S(N)(=O)=O)ccc2O1. The van der Waals surface area contributed by atoms with Crippen LogP contribution in [-0.4, -0.2) is 26.5 Å². The van der Waals surface area contributed by atoms with Gasteiger partial charge in [0.1, 0.15) is 5.75 Å². The Labute approximate surface area is 124 Å². The van der Waals surface area contributed by atoms with Gasteiger partial charge in [0.2, 0.25) is 10.0 Å². The molecule has 0 fully saturated rings. The molecule has 116 valence electrons. The van der Waals surface area contributed by atoms with Gasteiger partial charge in [-0.25, -0.2) is 13.6 Å². The number of ether oxygens (including phenoxy) is 1. The van der Waals surface area contributed by atoms with E-state index >= 15 is 0 Å². The summed E-state index contributed by atoms with van der Waals surface area (Å²) in [6.45, 7) is 5.98. The Hall–Kier alpha value is -1.60. The third-order valence-corrected chi connectivity index (χ3v) is 4.61. The summed E-state index contributed by atoms with van der Waals surface area (Å²) in [7, 11) is -3.75. The number of nitrogens with one attached hydrogen (secondary N) is 1. The van der Waals surface area contributed by atoms with E-state index < -0.39 is 16.1 Å². The van der Waals surface area contributed by atoms with Crippen molar-refractivity contribution in [1.82, 2.24) is 5.32 Å². The Bertz CT molecular complexity index is 655. The highest BCUT2D eigenvalue weighted by molar-refractivity contribution is 7.89. The van der Waals surface area contributed by atoms with Gasteiger partial charge in [0.15, 0.2) is 6.10 Å². The molecule has 2 atom stereocenters. The van der Waals surface area contributed by atoms with Crippen LogP contribution in [0.15, 0.2) is 23.1 Å². The van der Waals surface area contributed by atoms with Crippen LogP contribution < -0.4 is 15.2 Å². The number of primary sulfonamides is 1. The zero-order chi connectivity index (χ0) is 15.8. The topological polar surface area (TPSA) is 98.5 Å². The number of benzene rings is 1. The van der Waals surface area contributed by atoms with Gasteiger partial charge in [-0.1, -0.05) is 13.8 Å². The predicted octanol–water partition coefficient (Wildman–Crippen LogP) is 0.798. The quantitative estimate of drug-likeness (QED) is 0.859. The third kappa shape index (κ3) is 3.54. The van der Waals surface area contributed by atoms with Crippen LogP contribution in [0.2, 0.25) is 0 Å². The molecule has 2 unspecified atom stereocenters. The molecule has 1 aromatic rings. The van der Waals surface area contributed by atoms with Gasteiger partial charge in [-0.15, -0.1) is 0 Å². The van der Waals surface area contributed by atoms with Crippen molar-refractivity contribution < 1.29 is 17.9 Å². The Morgan fingerprint density at radius 1 is 1.38 bits per heavy atom. The highest BCUT2D eigenvalue weighted by Gasteiger charge is 2.30. The van der Waals surface area contributed by atoms with E-state index in [1.54, 1.807) is 0 Å². The van der Waals surface area contributed by atoms with Crippen LogP contribution in [0.1, 0.15) is 26.3 Å². The van der Waals surface area contributed by atoms with Crippen LogP contribution in [0.4, 0.5) is 0 Å². The zero-order valence-corrected chi connectivity index (χ0v) is 13.1. The number of hydrogen-bond donors (Lipinski definition) is 2. The smallest absolute Gasteiger partial charge is 0.261 e. The molecule has 1 heterocycles. The van der Waals surface area contributed by atoms with Crippen molar-refractivity contribution in [3.8, 4) is 5.75 Å². The first kappa shape index (κ1) is 15.8. The molecule has 1 aliphatic heterocycles. The highest BCUT2D eigenvalue weighted by atomic mass is 32.2. The fourth-order valence-corrected chi connectivity index (χ4v) is 2.60. The maximum absolute atomic E-state index is 12.1. The van der Waals surface area contributed by atoms with Crippen molar-refractivity contribution >= 4 is 15.9 Å². The Kier molecular flexibility index (Phi) is 4.25. The number of hydrogen-bond acceptors (Lipinski definition) is 4. The minimum Gasteiger partial charge on any atom is -0.480 e. The van der Waals surface area contributed by atoms with Gasteiger partial charge in [-0.2, -0.15) is 0 Å². The van der Waals surface area contributed by atoms with E-state index in [9.17, 15) is 13.2 Å². The summed E-state index contributed by atoms with van der Waals surface area (Å²) in [4.78, 5) is 12.2. The number of nitrogens with two attached hydrogens (primary N) is 1. The first-order valence-electron chi connectivity index (χ1n) is 6.81. The molecule has 0 aromatic heterocycles. The summed E-state index contributed by atoms with van der Waals surface area (Å²) in [6, 6.07) is 4.42. The molecule has 0 saturated heterocycles. The summed E-state index contributed by atoms with van der Waals surface area (Å²) in [5, 5.41) is 7.99. The Morgan fingerprint density at radius 3 is 2.62 bits per heavy atom. The van der Waals surface area contributed by atoms with Crippen LogP contribution in [0.3, 0.4) is 0 Å². The number of sulfonamides is 1. The highest BCUT2D eigenvalue weighted by Crippen LogP contribution is 2.30. The van der Waals surface area contributed by atoms with Crippen molar-refractivity contribution in [2.75, 3.05) is 0 Å². The van der Waals surface area contributed by atoms with Crippen molar-refractivity contribution in [2.45, 2.75) is 44.2 Å². The van der Waals surface area contributed by atoms with Crippen LogP contribution >= 0.6 is 0 Å². The van der Waals surface area contributed by atoms with Crippen molar-refractivity contribution in [2.24, 2.45) is 11.1 Å². The van der Waals surface area contributed by atoms with Gasteiger partial charge in [-0.05, 0) is 36.6 Å². The molecule has 6 nitrogen and oxygen atoms in total. The van der Waals surface area contributed by atoms with Crippen LogP contribution in [-0.2, 0) is 21.2 Å². The predicted molar refractivity (Wildman–Crippen MR) is 78.4 cm³/mol. The van der Waals surface area contributed by atoms with Crippen molar-refractivity contribution in [3.05, 3.63) is 23.8 Å². The normalized spacial score (nSPS) is 19.0. The van der Waals surface area contributed by atoms with Gasteiger partial charge < -0.3 is 10.1 Å². The lowest BCUT2D eigenvalue weighted by molar-refractivity contribution is -0.128. The van der Waals surface area contributed by atoms with Gasteiger partial charge in [-0.3, -0.25) is 4.79 Å². The van der Waals surface area contributed by atoms with Gasteiger partial charge in [0.05, 0.1) is 4.90 Å². The average molecular weight is 312 g/mol. The van der Waals surface area contributed by atoms with Gasteiger partial charge in [0.25, 0.3) is 5.91 Å². The molecule has 1 aliphatic rings. The average Bonchev–Trinajstić information content (AvgIpc) is 2.80. The van der Waals surface area contributed by atoms with E-state index in [0.29, 0.717) is 23.7 Å². The van der Waals surface area contributed by atoms with Crippen LogP contribution in [0.25, 0.3) is 0 Å². The lowest BCUT2D eigenvalue weighted by Crippen LogP contribution is -2.44. The molecule has 21 heavy (non-hydrogen) atoms. The molecule has 0 saturated carbocycles. The van der Waals surface area contributed by atoms with Crippen LogP contribution in [0, 0.1) is 5.92 Å². The minimum absolute atomic E-state index is 0.0291. The molecule has 1 amide bonds. The van der Waals surface area contributed by atoms with Crippen LogP contribution in [0.5, 0.6) is 5.75 Å². The van der Waals surface area contributed by atoms with Crippen molar-refractivity contribution in [1.29, 1.82) is 0 Å². The number of rotatable bonds is 4. The molecule has 0 spiro atoms. The molecular formula is C14H20N2O4S. The van der Waals surface area contributed by atoms with Gasteiger partial charge >= 0.3 is 0 Å². The lowest BCUT2D eigenvalue weighted by atomic mass is 10.1. The monoisotopic (exact) mass is 312 g/mol. The van der Waals surface area contributed by atoms with Gasteiger partial charge in [0, 0.05) is 12.5 Å². The Morgan fingerprint density at radius 2 is 2.05 bits per heavy atom. The second-order valence-electron chi connectivity index (χ2n) is 5.67. The molecule has 0 radical (unpaired) electrons. The number of carbonyl (C=O) groups excluding carboxylic acids is 1. The second kappa shape index (κ2) is 5.65. The van der Waals surface area contributed by atoms with E-state index in [1.807, 2.05) is 20.8 Å². The van der Waals surface area contributed by atoms with Crippen molar-refractivity contribution in [3.63, 3.8) is 0 Å². The fourth-order valence-electron chi connectivity index (χ4n) is 2.03. The van der Waals surface area contributed by atoms with E-state index in [2.05, 4.69) is 5.32 Å². The summed E-state index contributed by atoms with van der Waals surface area (Å²) >= 11 is 0. The minimum atomic E-state index is -3.75. The molecule has 7 heteroatoms. The second-order valence-corrected chi connectivity index (χ2v) is 7.23. The Balaban J connectivity index is 2.11. The first-order chi connectivity index (χ1) is 9.68. The molecule has 3 N–H and O–H groups in total. The summed E-state index contributed by atoms with van der Waals surface area (Å²) in [5.41, 5.74) is 0.680. The molecule has 2 rings (SSSR count). The van der Waals surface area contributed by atoms with E-state index in [-0.39, 0.29) is 16.8 Å². The number of carbonyl (C=O) groups is 1. The molecular weight excluding hydrogens is 292 g/mol. The maximum atomic E-state index is 12.1. The van der Waals surface area contributed by atoms with E-state index in [0.717, 1.165) is 0 Å². The maximum Gasteiger partial charge on any atom is 0.261 e. The fraction of sp³-hybridized carbons (Fsp3) is 0.500. The van der Waals surface area contributed by atoms with E-state index in [1.165, 1.54) is 18.2 Å². The first-order valence-corrected chi connectivity index (χ1v) is 8.36. The third-order valence-electron chi connectivity index (χ3n) is 3.70. The molecule has 0 bridgehead atoms. The summed E-state index contributed by atoms with van der Waals surface area (Å²) in [5.74, 6) is 0.663. The lowest BCUT2D eigenvalue weighted by Gasteiger charge is -2.19. The number of amides is 1. The summed E-state index contributed by atoms with van der Waals surface area (Å²) in [6.07, 6.45) is -0.285. The summed E-state index contributed by atoms with van der Waals surface area (Å²) < 4.78 is 28.2. The largest absolute Gasteiger partial charge is 0.480 e. The standard InChI is InChI=1S/C14H20N2O4S/c1-8(2)9(3)16-14(17)13-7-10-6-11(21(15,18)19)4-5-12(10)20-13/h4-6,8-9,13H,7H2,1-3H3,(H,16,17)(H2,15,18,19). The molecule has 0 aliphatic carbocycles. The molecule has 1 aromatic carbocycles.